The van der Waals surface area contributed by atoms with Crippen molar-refractivity contribution in [2.24, 2.45) is 5.92 Å². The number of aryl methyl sites for hydroxylation is 1. The molecular formula is C15H23N3O. The van der Waals surface area contributed by atoms with Gasteiger partial charge in [0.25, 0.3) is 0 Å². The summed E-state index contributed by atoms with van der Waals surface area (Å²) >= 11 is 0. The number of pyridine rings is 1. The van der Waals surface area contributed by atoms with Crippen molar-refractivity contribution >= 4 is 5.82 Å². The average Bonchev–Trinajstić information content (AvgIpc) is 2.62. The van der Waals surface area contributed by atoms with Crippen LogP contribution in [0, 0.1) is 12.8 Å². The maximum atomic E-state index is 10.7. The molecule has 1 aromatic heterocycles. The largest absolute Gasteiger partial charge is 0.388 e. The van der Waals surface area contributed by atoms with Gasteiger partial charge < -0.3 is 15.7 Å². The van der Waals surface area contributed by atoms with Crippen molar-refractivity contribution in [3.63, 3.8) is 0 Å². The molecule has 0 aromatic carbocycles. The van der Waals surface area contributed by atoms with Gasteiger partial charge in [-0.1, -0.05) is 0 Å². The fourth-order valence-corrected chi connectivity index (χ4v) is 3.92. The molecule has 2 saturated heterocycles. The second-order valence-electron chi connectivity index (χ2n) is 6.15. The predicted octanol–water partition coefficient (Wildman–Crippen LogP) is 1.88. The summed E-state index contributed by atoms with van der Waals surface area (Å²) in [5.74, 6) is 0.803. The van der Waals surface area contributed by atoms with Crippen LogP contribution in [0.5, 0.6) is 0 Å². The summed E-state index contributed by atoms with van der Waals surface area (Å²) in [5.41, 5.74) is 7.85. The van der Waals surface area contributed by atoms with Gasteiger partial charge >= 0.3 is 0 Å². The predicted molar refractivity (Wildman–Crippen MR) is 75.6 cm³/mol. The highest BCUT2D eigenvalue weighted by Gasteiger charge is 2.41. The van der Waals surface area contributed by atoms with E-state index in [0.717, 1.165) is 24.0 Å². The number of aliphatic hydroxyl groups is 1. The van der Waals surface area contributed by atoms with E-state index in [1.807, 2.05) is 13.0 Å². The van der Waals surface area contributed by atoms with E-state index in [-0.39, 0.29) is 0 Å². The van der Waals surface area contributed by atoms with Gasteiger partial charge in [-0.15, -0.1) is 0 Å². The Kier molecular flexibility index (Phi) is 3.23. The zero-order chi connectivity index (χ0) is 13.6. The van der Waals surface area contributed by atoms with E-state index in [1.54, 1.807) is 6.20 Å². The summed E-state index contributed by atoms with van der Waals surface area (Å²) in [4.78, 5) is 6.62. The zero-order valence-corrected chi connectivity index (χ0v) is 11.7. The molecule has 3 unspecified atom stereocenters. The van der Waals surface area contributed by atoms with Crippen LogP contribution < -0.4 is 5.73 Å². The fourth-order valence-electron chi connectivity index (χ4n) is 3.92. The van der Waals surface area contributed by atoms with E-state index >= 15 is 0 Å². The Labute approximate surface area is 114 Å². The number of hydrogen-bond donors (Lipinski definition) is 2. The molecule has 3 heterocycles. The highest BCUT2D eigenvalue weighted by atomic mass is 16.3. The number of aromatic nitrogens is 1. The Balaban J connectivity index is 1.83. The molecule has 0 radical (unpaired) electrons. The van der Waals surface area contributed by atoms with Gasteiger partial charge in [-0.05, 0) is 57.2 Å². The van der Waals surface area contributed by atoms with Gasteiger partial charge in [-0.3, -0.25) is 0 Å². The highest BCUT2D eigenvalue weighted by Crippen LogP contribution is 2.43. The van der Waals surface area contributed by atoms with Crippen LogP contribution in [0.2, 0.25) is 0 Å². The Bertz CT molecular complexity index is 442. The van der Waals surface area contributed by atoms with Crippen molar-refractivity contribution in [1.29, 1.82) is 0 Å². The first kappa shape index (κ1) is 12.9. The minimum Gasteiger partial charge on any atom is -0.388 e. The first-order valence-corrected chi connectivity index (χ1v) is 7.19. The monoisotopic (exact) mass is 261 g/mol. The van der Waals surface area contributed by atoms with E-state index in [9.17, 15) is 5.11 Å². The SMILES string of the molecule is Cc1ccnc(N)c1C(O)C1CC2CCC(C1)N2C. The van der Waals surface area contributed by atoms with Crippen LogP contribution in [-0.2, 0) is 0 Å². The summed E-state index contributed by atoms with van der Waals surface area (Å²) in [6.07, 6.45) is 5.92. The Morgan fingerprint density at radius 2 is 2.00 bits per heavy atom. The molecule has 2 aliphatic heterocycles. The molecule has 104 valence electrons. The van der Waals surface area contributed by atoms with Gasteiger partial charge in [0.1, 0.15) is 5.82 Å². The number of nitrogen functional groups attached to an aromatic ring is 1. The van der Waals surface area contributed by atoms with Gasteiger partial charge in [0.15, 0.2) is 0 Å². The van der Waals surface area contributed by atoms with Gasteiger partial charge in [-0.25, -0.2) is 4.98 Å². The standard InChI is InChI=1S/C15H23N3O/c1-9-5-6-17-15(16)13(9)14(19)10-7-11-3-4-12(8-10)18(11)2/h5-6,10-12,14,19H,3-4,7-8H2,1-2H3,(H2,16,17). The highest BCUT2D eigenvalue weighted by molar-refractivity contribution is 5.45. The van der Waals surface area contributed by atoms with Crippen LogP contribution in [0.3, 0.4) is 0 Å². The lowest BCUT2D eigenvalue weighted by Gasteiger charge is -2.38. The number of rotatable bonds is 2. The summed E-state index contributed by atoms with van der Waals surface area (Å²) in [5, 5.41) is 10.7. The van der Waals surface area contributed by atoms with Gasteiger partial charge in [0, 0.05) is 23.8 Å². The average molecular weight is 261 g/mol. The number of aliphatic hydroxyl groups excluding tert-OH is 1. The topological polar surface area (TPSA) is 62.4 Å². The number of nitrogens with zero attached hydrogens (tertiary/aromatic N) is 2. The molecule has 19 heavy (non-hydrogen) atoms. The lowest BCUT2D eigenvalue weighted by Crippen LogP contribution is -2.41. The first-order chi connectivity index (χ1) is 9.08. The third kappa shape index (κ3) is 2.13. The molecule has 4 nitrogen and oxygen atoms in total. The molecule has 2 aliphatic rings. The minimum absolute atomic E-state index is 0.318. The maximum absolute atomic E-state index is 10.7. The molecule has 0 amide bonds. The molecule has 4 heteroatoms. The smallest absolute Gasteiger partial charge is 0.129 e. The summed E-state index contributed by atoms with van der Waals surface area (Å²) in [6, 6.07) is 3.20. The van der Waals surface area contributed by atoms with Crippen molar-refractivity contribution in [2.45, 2.75) is 50.8 Å². The van der Waals surface area contributed by atoms with Gasteiger partial charge in [0.2, 0.25) is 0 Å². The quantitative estimate of drug-likeness (QED) is 0.853. The number of anilines is 1. The van der Waals surface area contributed by atoms with Crippen LogP contribution in [-0.4, -0.2) is 34.1 Å². The first-order valence-electron chi connectivity index (χ1n) is 7.19. The second-order valence-corrected chi connectivity index (χ2v) is 6.15. The minimum atomic E-state index is -0.467. The van der Waals surface area contributed by atoms with Crippen molar-refractivity contribution in [3.05, 3.63) is 23.4 Å². The van der Waals surface area contributed by atoms with Gasteiger partial charge in [-0.2, -0.15) is 0 Å². The van der Waals surface area contributed by atoms with Crippen LogP contribution in [0.15, 0.2) is 12.3 Å². The summed E-state index contributed by atoms with van der Waals surface area (Å²) < 4.78 is 0. The Morgan fingerprint density at radius 1 is 1.37 bits per heavy atom. The molecule has 3 rings (SSSR count). The third-order valence-corrected chi connectivity index (χ3v) is 5.12. The third-order valence-electron chi connectivity index (χ3n) is 5.12. The number of piperidine rings is 1. The van der Waals surface area contributed by atoms with Crippen LogP contribution in [0.4, 0.5) is 5.82 Å². The Morgan fingerprint density at radius 3 is 2.58 bits per heavy atom. The second kappa shape index (κ2) is 4.76. The van der Waals surface area contributed by atoms with Crippen LogP contribution in [0.1, 0.15) is 42.9 Å². The number of fused-ring (bicyclic) bond motifs is 2. The fraction of sp³-hybridized carbons (Fsp3) is 0.667. The molecular weight excluding hydrogens is 238 g/mol. The molecule has 0 saturated carbocycles. The van der Waals surface area contributed by atoms with E-state index < -0.39 is 6.10 Å². The van der Waals surface area contributed by atoms with Crippen LogP contribution >= 0.6 is 0 Å². The van der Waals surface area contributed by atoms with Gasteiger partial charge in [0.05, 0.1) is 6.10 Å². The van der Waals surface area contributed by atoms with E-state index in [1.165, 1.54) is 12.8 Å². The summed E-state index contributed by atoms with van der Waals surface area (Å²) in [7, 11) is 2.22. The Hall–Kier alpha value is -1.13. The molecule has 0 aliphatic carbocycles. The normalized spacial score (nSPS) is 32.5. The van der Waals surface area contributed by atoms with E-state index in [2.05, 4.69) is 16.9 Å². The lowest BCUT2D eigenvalue weighted by molar-refractivity contribution is 0.0355. The maximum Gasteiger partial charge on any atom is 0.129 e. The van der Waals surface area contributed by atoms with Crippen molar-refractivity contribution in [1.82, 2.24) is 9.88 Å². The molecule has 3 atom stereocenters. The molecule has 3 N–H and O–H groups in total. The zero-order valence-electron chi connectivity index (χ0n) is 11.7. The van der Waals surface area contributed by atoms with Crippen molar-refractivity contribution < 1.29 is 5.11 Å². The van der Waals surface area contributed by atoms with Crippen molar-refractivity contribution in [3.8, 4) is 0 Å². The number of nitrogens with two attached hydrogens (primary N) is 1. The molecule has 2 bridgehead atoms. The molecule has 2 fully saturated rings. The molecule has 0 spiro atoms. The lowest BCUT2D eigenvalue weighted by atomic mass is 9.83. The summed E-state index contributed by atoms with van der Waals surface area (Å²) in [6.45, 7) is 2.00. The molecule has 1 aromatic rings. The number of hydrogen-bond acceptors (Lipinski definition) is 4. The van der Waals surface area contributed by atoms with E-state index in [0.29, 0.717) is 23.8 Å². The van der Waals surface area contributed by atoms with E-state index in [4.69, 9.17) is 5.73 Å². The van der Waals surface area contributed by atoms with Crippen molar-refractivity contribution in [2.75, 3.05) is 12.8 Å². The van der Waals surface area contributed by atoms with Crippen LogP contribution in [0.25, 0.3) is 0 Å².